The number of esters is 1. The zero-order valence-corrected chi connectivity index (χ0v) is 6.44. The summed E-state index contributed by atoms with van der Waals surface area (Å²) in [5.41, 5.74) is 0. The molecule has 0 unspecified atom stereocenters. The van der Waals surface area contributed by atoms with Crippen molar-refractivity contribution < 1.29 is 24.2 Å². The molecule has 1 atom stereocenters. The second-order valence-electron chi connectivity index (χ2n) is 2.27. The quantitative estimate of drug-likeness (QED) is 0.602. The van der Waals surface area contributed by atoms with Gasteiger partial charge < -0.3 is 14.6 Å². The van der Waals surface area contributed by atoms with Gasteiger partial charge in [-0.2, -0.15) is 0 Å². The number of ether oxygens (including phenoxy) is 2. The molecular formula is C7H8O5. The van der Waals surface area contributed by atoms with Crippen molar-refractivity contribution in [2.24, 2.45) is 0 Å². The van der Waals surface area contributed by atoms with Crippen molar-refractivity contribution in [2.75, 3.05) is 7.11 Å². The fourth-order valence-corrected chi connectivity index (χ4v) is 0.933. The third kappa shape index (κ3) is 1.75. The molecule has 1 rings (SSSR count). The van der Waals surface area contributed by atoms with E-state index in [9.17, 15) is 9.59 Å². The van der Waals surface area contributed by atoms with E-state index in [0.29, 0.717) is 0 Å². The number of carboxylic acids is 1. The Morgan fingerprint density at radius 2 is 2.50 bits per heavy atom. The summed E-state index contributed by atoms with van der Waals surface area (Å²) >= 11 is 0. The van der Waals surface area contributed by atoms with Crippen LogP contribution in [0.4, 0.5) is 0 Å². The van der Waals surface area contributed by atoms with Gasteiger partial charge in [-0.05, 0) is 0 Å². The second-order valence-corrected chi connectivity index (χ2v) is 2.27. The van der Waals surface area contributed by atoms with E-state index in [2.05, 4.69) is 4.74 Å². The van der Waals surface area contributed by atoms with Crippen molar-refractivity contribution in [3.05, 3.63) is 11.8 Å². The second kappa shape index (κ2) is 3.25. The van der Waals surface area contributed by atoms with Gasteiger partial charge in [0.05, 0.1) is 19.6 Å². The van der Waals surface area contributed by atoms with Crippen molar-refractivity contribution in [1.29, 1.82) is 0 Å². The van der Waals surface area contributed by atoms with Crippen LogP contribution in [0.3, 0.4) is 0 Å². The molecule has 66 valence electrons. The van der Waals surface area contributed by atoms with Crippen LogP contribution in [0.2, 0.25) is 0 Å². The average Bonchev–Trinajstić information content (AvgIpc) is 2.29. The van der Waals surface area contributed by atoms with Crippen LogP contribution in [0.5, 0.6) is 0 Å². The number of aliphatic carboxylic acids is 1. The van der Waals surface area contributed by atoms with E-state index in [1.807, 2.05) is 0 Å². The molecule has 0 amide bonds. The van der Waals surface area contributed by atoms with Gasteiger partial charge >= 0.3 is 11.9 Å². The van der Waals surface area contributed by atoms with Gasteiger partial charge in [-0.25, -0.2) is 4.79 Å². The van der Waals surface area contributed by atoms with Crippen molar-refractivity contribution in [3.63, 3.8) is 0 Å². The van der Waals surface area contributed by atoms with Crippen molar-refractivity contribution >= 4 is 11.9 Å². The van der Waals surface area contributed by atoms with E-state index >= 15 is 0 Å². The van der Waals surface area contributed by atoms with Crippen LogP contribution in [-0.2, 0) is 19.1 Å². The summed E-state index contributed by atoms with van der Waals surface area (Å²) in [7, 11) is 1.36. The van der Waals surface area contributed by atoms with E-state index < -0.39 is 18.0 Å². The average molecular weight is 172 g/mol. The molecule has 1 aliphatic rings. The van der Waals surface area contributed by atoms with Gasteiger partial charge in [-0.1, -0.05) is 0 Å². The van der Waals surface area contributed by atoms with Gasteiger partial charge in [0.15, 0.2) is 6.10 Å². The summed E-state index contributed by atoms with van der Waals surface area (Å²) in [4.78, 5) is 20.9. The molecule has 0 bridgehead atoms. The third-order valence-electron chi connectivity index (χ3n) is 1.43. The molecule has 12 heavy (non-hydrogen) atoms. The third-order valence-corrected chi connectivity index (χ3v) is 1.43. The van der Waals surface area contributed by atoms with E-state index in [0.717, 1.165) is 6.08 Å². The zero-order chi connectivity index (χ0) is 9.14. The number of methoxy groups -OCH3 is 1. The molecule has 0 aromatic carbocycles. The molecule has 1 aliphatic heterocycles. The first-order valence-electron chi connectivity index (χ1n) is 3.31. The molecule has 0 aromatic heterocycles. The number of rotatable bonds is 3. The van der Waals surface area contributed by atoms with Gasteiger partial charge in [-0.3, -0.25) is 4.79 Å². The molecule has 0 fully saturated rings. The molecule has 0 aromatic rings. The largest absolute Gasteiger partial charge is 0.497 e. The highest BCUT2D eigenvalue weighted by atomic mass is 16.6. The Balaban J connectivity index is 2.62. The van der Waals surface area contributed by atoms with Crippen LogP contribution in [0, 0.1) is 0 Å². The van der Waals surface area contributed by atoms with Gasteiger partial charge in [0, 0.05) is 0 Å². The Bertz CT molecular complexity index is 242. The Morgan fingerprint density at radius 1 is 1.83 bits per heavy atom. The molecule has 0 spiro atoms. The van der Waals surface area contributed by atoms with E-state index in [4.69, 9.17) is 9.84 Å². The maximum atomic E-state index is 10.6. The highest BCUT2D eigenvalue weighted by Crippen LogP contribution is 2.18. The summed E-state index contributed by atoms with van der Waals surface area (Å²) in [6, 6.07) is 0. The van der Waals surface area contributed by atoms with Crippen LogP contribution >= 0.6 is 0 Å². The zero-order valence-electron chi connectivity index (χ0n) is 6.44. The maximum absolute atomic E-state index is 10.6. The molecule has 0 radical (unpaired) electrons. The molecular weight excluding hydrogens is 164 g/mol. The number of carbonyl (C=O) groups excluding carboxylic acids is 1. The topological polar surface area (TPSA) is 72.8 Å². The Kier molecular flexibility index (Phi) is 2.32. The molecule has 5 nitrogen and oxygen atoms in total. The fourth-order valence-electron chi connectivity index (χ4n) is 0.933. The highest BCUT2D eigenvalue weighted by Gasteiger charge is 2.29. The van der Waals surface area contributed by atoms with E-state index in [1.54, 1.807) is 0 Å². The summed E-state index contributed by atoms with van der Waals surface area (Å²) in [5.74, 6) is -1.32. The van der Waals surface area contributed by atoms with Gasteiger partial charge in [0.25, 0.3) is 0 Å². The molecule has 5 heteroatoms. The van der Waals surface area contributed by atoms with Crippen LogP contribution in [-0.4, -0.2) is 30.3 Å². The Labute approximate surface area is 68.6 Å². The lowest BCUT2D eigenvalue weighted by Crippen LogP contribution is -2.17. The number of hydrogen-bond acceptors (Lipinski definition) is 4. The monoisotopic (exact) mass is 172 g/mol. The SMILES string of the molecule is COC1=CC(=O)O[C@H]1CC(=O)O. The molecule has 0 aliphatic carbocycles. The van der Waals surface area contributed by atoms with Crippen LogP contribution < -0.4 is 0 Å². The van der Waals surface area contributed by atoms with Crippen LogP contribution in [0.25, 0.3) is 0 Å². The Hall–Kier alpha value is -1.52. The summed E-state index contributed by atoms with van der Waals surface area (Å²) in [6.07, 6.45) is 0.124. The lowest BCUT2D eigenvalue weighted by molar-refractivity contribution is -0.145. The predicted molar refractivity (Wildman–Crippen MR) is 37.2 cm³/mol. The van der Waals surface area contributed by atoms with Gasteiger partial charge in [-0.15, -0.1) is 0 Å². The summed E-state index contributed by atoms with van der Waals surface area (Å²) in [5, 5.41) is 8.40. The van der Waals surface area contributed by atoms with Gasteiger partial charge in [0.1, 0.15) is 5.76 Å². The van der Waals surface area contributed by atoms with Crippen LogP contribution in [0.1, 0.15) is 6.42 Å². The first-order valence-corrected chi connectivity index (χ1v) is 3.31. The first kappa shape index (κ1) is 8.58. The van der Waals surface area contributed by atoms with E-state index in [-0.39, 0.29) is 12.2 Å². The number of hydrogen-bond donors (Lipinski definition) is 1. The molecule has 0 saturated carbocycles. The summed E-state index contributed by atoms with van der Waals surface area (Å²) < 4.78 is 9.39. The maximum Gasteiger partial charge on any atom is 0.335 e. The number of carboxylic acid groups (broad SMARTS) is 1. The minimum absolute atomic E-state index is 0.259. The van der Waals surface area contributed by atoms with Crippen LogP contribution in [0.15, 0.2) is 11.8 Å². The van der Waals surface area contributed by atoms with Crippen molar-refractivity contribution in [2.45, 2.75) is 12.5 Å². The normalized spacial score (nSPS) is 21.6. The molecule has 0 saturated heterocycles. The fraction of sp³-hybridized carbons (Fsp3) is 0.429. The molecule has 1 heterocycles. The number of carbonyl (C=O) groups is 2. The van der Waals surface area contributed by atoms with E-state index in [1.165, 1.54) is 7.11 Å². The first-order chi connectivity index (χ1) is 5.63. The predicted octanol–water partition coefficient (Wildman–Crippen LogP) is -0.0832. The van der Waals surface area contributed by atoms with Crippen molar-refractivity contribution in [3.8, 4) is 0 Å². The smallest absolute Gasteiger partial charge is 0.335 e. The number of cyclic esters (lactones) is 1. The minimum atomic E-state index is -1.03. The highest BCUT2D eigenvalue weighted by molar-refractivity contribution is 5.86. The van der Waals surface area contributed by atoms with Gasteiger partial charge in [0.2, 0.25) is 0 Å². The Morgan fingerprint density at radius 3 is 3.00 bits per heavy atom. The van der Waals surface area contributed by atoms with Crippen molar-refractivity contribution in [1.82, 2.24) is 0 Å². The summed E-state index contributed by atoms with van der Waals surface area (Å²) in [6.45, 7) is 0. The lowest BCUT2D eigenvalue weighted by Gasteiger charge is -2.09. The lowest BCUT2D eigenvalue weighted by atomic mass is 10.2. The molecule has 1 N–H and O–H groups in total. The standard InChI is InChI=1S/C7H8O5/c1-11-4-3-7(10)12-5(4)2-6(8)9/h3,5H,2H2,1H3,(H,8,9)/t5-/m0/s1. The minimum Gasteiger partial charge on any atom is -0.497 e.